The van der Waals surface area contributed by atoms with E-state index in [9.17, 15) is 14.9 Å². The first-order valence-corrected chi connectivity index (χ1v) is 9.11. The first kappa shape index (κ1) is 17.8. The highest BCUT2D eigenvalue weighted by Gasteiger charge is 2.21. The van der Waals surface area contributed by atoms with Crippen molar-refractivity contribution in [3.63, 3.8) is 0 Å². The number of aryl methyl sites for hydroxylation is 1. The third kappa shape index (κ3) is 3.46. The van der Waals surface area contributed by atoms with E-state index < -0.39 is 4.92 Å². The average molecular weight is 374 g/mol. The van der Waals surface area contributed by atoms with E-state index in [1.165, 1.54) is 12.1 Å². The van der Waals surface area contributed by atoms with Crippen LogP contribution < -0.4 is 5.32 Å². The summed E-state index contributed by atoms with van der Waals surface area (Å²) in [5, 5.41) is 13.7. The molecule has 0 aliphatic heterocycles. The maximum atomic E-state index is 12.9. The van der Waals surface area contributed by atoms with Crippen LogP contribution in [0.25, 0.3) is 11.3 Å². The van der Waals surface area contributed by atoms with E-state index in [-0.39, 0.29) is 11.6 Å². The number of nitro groups is 1. The van der Waals surface area contributed by atoms with Gasteiger partial charge in [0.15, 0.2) is 0 Å². The summed E-state index contributed by atoms with van der Waals surface area (Å²) in [6, 6.07) is 13.2. The number of carbonyl (C=O) groups is 1. The summed E-state index contributed by atoms with van der Waals surface area (Å²) in [6.45, 7) is 0. The highest BCUT2D eigenvalue weighted by molar-refractivity contribution is 6.08. The van der Waals surface area contributed by atoms with Gasteiger partial charge >= 0.3 is 0 Å². The normalized spacial score (nSPS) is 12.9. The Bertz CT molecular complexity index is 1070. The molecule has 0 saturated carbocycles. The lowest BCUT2D eigenvalue weighted by Gasteiger charge is -2.18. The SMILES string of the molecule is O=C(Nc1cccc([N+](=O)[O-])c1)c1ccccc1-c1ncnc2c1CCCC2. The van der Waals surface area contributed by atoms with Gasteiger partial charge in [0, 0.05) is 40.2 Å². The molecule has 1 amide bonds. The summed E-state index contributed by atoms with van der Waals surface area (Å²) in [7, 11) is 0. The molecule has 140 valence electrons. The van der Waals surface area contributed by atoms with Crippen molar-refractivity contribution in [1.82, 2.24) is 9.97 Å². The van der Waals surface area contributed by atoms with Crippen molar-refractivity contribution in [2.24, 2.45) is 0 Å². The number of nitrogens with one attached hydrogen (secondary N) is 1. The maximum absolute atomic E-state index is 12.9. The van der Waals surface area contributed by atoms with Crippen molar-refractivity contribution in [2.45, 2.75) is 25.7 Å². The Morgan fingerprint density at radius 3 is 2.71 bits per heavy atom. The monoisotopic (exact) mass is 374 g/mol. The Kier molecular flexibility index (Phi) is 4.80. The number of nitrogens with zero attached hydrogens (tertiary/aromatic N) is 3. The Balaban J connectivity index is 1.70. The third-order valence-corrected chi connectivity index (χ3v) is 4.87. The van der Waals surface area contributed by atoms with Crippen LogP contribution in [0, 0.1) is 10.1 Å². The van der Waals surface area contributed by atoms with Crippen LogP contribution in [0.3, 0.4) is 0 Å². The van der Waals surface area contributed by atoms with Crippen molar-refractivity contribution in [2.75, 3.05) is 5.32 Å². The lowest BCUT2D eigenvalue weighted by atomic mass is 9.91. The van der Waals surface area contributed by atoms with Gasteiger partial charge in [0.05, 0.1) is 10.6 Å². The topological polar surface area (TPSA) is 98.0 Å². The van der Waals surface area contributed by atoms with Crippen molar-refractivity contribution in [3.05, 3.63) is 81.8 Å². The van der Waals surface area contributed by atoms with Crippen LogP contribution in [0.5, 0.6) is 0 Å². The molecule has 1 heterocycles. The van der Waals surface area contributed by atoms with Gasteiger partial charge in [0.2, 0.25) is 0 Å². The molecule has 0 saturated heterocycles. The third-order valence-electron chi connectivity index (χ3n) is 4.87. The van der Waals surface area contributed by atoms with Gasteiger partial charge in [-0.1, -0.05) is 24.3 Å². The van der Waals surface area contributed by atoms with Gasteiger partial charge in [-0.05, 0) is 37.8 Å². The number of anilines is 1. The molecule has 1 N–H and O–H groups in total. The minimum Gasteiger partial charge on any atom is -0.322 e. The zero-order chi connectivity index (χ0) is 19.5. The molecule has 0 spiro atoms. The van der Waals surface area contributed by atoms with E-state index in [1.54, 1.807) is 30.6 Å². The van der Waals surface area contributed by atoms with Crippen molar-refractivity contribution in [1.29, 1.82) is 0 Å². The molecule has 7 heteroatoms. The zero-order valence-electron chi connectivity index (χ0n) is 15.1. The second-order valence-electron chi connectivity index (χ2n) is 6.66. The van der Waals surface area contributed by atoms with Gasteiger partial charge in [-0.3, -0.25) is 14.9 Å². The number of nitro benzene ring substituents is 1. The Morgan fingerprint density at radius 1 is 1.04 bits per heavy atom. The average Bonchev–Trinajstić information content (AvgIpc) is 2.73. The van der Waals surface area contributed by atoms with Crippen molar-refractivity contribution < 1.29 is 9.72 Å². The van der Waals surface area contributed by atoms with Crippen LogP contribution in [0.4, 0.5) is 11.4 Å². The number of fused-ring (bicyclic) bond motifs is 1. The fourth-order valence-electron chi connectivity index (χ4n) is 3.54. The molecule has 7 nitrogen and oxygen atoms in total. The van der Waals surface area contributed by atoms with E-state index in [0.29, 0.717) is 11.3 Å². The molecule has 2 aromatic carbocycles. The summed E-state index contributed by atoms with van der Waals surface area (Å²) >= 11 is 0. The number of benzene rings is 2. The number of aromatic nitrogens is 2. The number of hydrogen-bond acceptors (Lipinski definition) is 5. The minimum absolute atomic E-state index is 0.0732. The van der Waals surface area contributed by atoms with Crippen molar-refractivity contribution in [3.8, 4) is 11.3 Å². The van der Waals surface area contributed by atoms with Crippen LogP contribution in [0.15, 0.2) is 54.9 Å². The molecule has 28 heavy (non-hydrogen) atoms. The highest BCUT2D eigenvalue weighted by Crippen LogP contribution is 2.31. The smallest absolute Gasteiger partial charge is 0.271 e. The van der Waals surface area contributed by atoms with Crippen LogP contribution in [-0.2, 0) is 12.8 Å². The Labute approximate surface area is 161 Å². The quantitative estimate of drug-likeness (QED) is 0.545. The van der Waals surface area contributed by atoms with Gasteiger partial charge in [-0.25, -0.2) is 9.97 Å². The van der Waals surface area contributed by atoms with Crippen LogP contribution in [-0.4, -0.2) is 20.8 Å². The lowest BCUT2D eigenvalue weighted by Crippen LogP contribution is -2.15. The maximum Gasteiger partial charge on any atom is 0.271 e. The first-order valence-electron chi connectivity index (χ1n) is 9.11. The molecular formula is C21H18N4O3. The molecule has 0 bridgehead atoms. The Hall–Kier alpha value is -3.61. The van der Waals surface area contributed by atoms with Crippen molar-refractivity contribution >= 4 is 17.3 Å². The molecule has 0 atom stereocenters. The van der Waals surface area contributed by atoms with Gasteiger partial charge in [-0.2, -0.15) is 0 Å². The summed E-state index contributed by atoms with van der Waals surface area (Å²) in [4.78, 5) is 32.3. The molecule has 1 aliphatic rings. The van der Waals surface area contributed by atoms with Gasteiger partial charge < -0.3 is 5.32 Å². The van der Waals surface area contributed by atoms with E-state index in [1.807, 2.05) is 12.1 Å². The molecular weight excluding hydrogens is 356 g/mol. The van der Waals surface area contributed by atoms with Crippen LogP contribution in [0.2, 0.25) is 0 Å². The number of amides is 1. The predicted molar refractivity (Wildman–Crippen MR) is 105 cm³/mol. The molecule has 1 aromatic heterocycles. The van der Waals surface area contributed by atoms with E-state index in [2.05, 4.69) is 15.3 Å². The number of carbonyl (C=O) groups excluding carboxylic acids is 1. The van der Waals surface area contributed by atoms with Crippen LogP contribution in [0.1, 0.15) is 34.5 Å². The number of rotatable bonds is 4. The molecule has 0 unspecified atom stereocenters. The molecule has 4 rings (SSSR count). The van der Waals surface area contributed by atoms with Crippen LogP contribution >= 0.6 is 0 Å². The number of hydrogen-bond donors (Lipinski definition) is 1. The zero-order valence-corrected chi connectivity index (χ0v) is 15.1. The fraction of sp³-hybridized carbons (Fsp3) is 0.190. The molecule has 3 aromatic rings. The fourth-order valence-corrected chi connectivity index (χ4v) is 3.54. The van der Waals surface area contributed by atoms with E-state index in [4.69, 9.17) is 0 Å². The molecule has 0 radical (unpaired) electrons. The van der Waals surface area contributed by atoms with Gasteiger partial charge in [-0.15, -0.1) is 0 Å². The predicted octanol–water partition coefficient (Wildman–Crippen LogP) is 4.18. The highest BCUT2D eigenvalue weighted by atomic mass is 16.6. The largest absolute Gasteiger partial charge is 0.322 e. The minimum atomic E-state index is -0.489. The standard InChI is InChI=1S/C21H18N4O3/c26-21(24-14-6-5-7-15(12-14)25(27)28)17-9-2-1-8-16(17)20-18-10-3-4-11-19(18)22-13-23-20/h1-2,5-9,12-13H,3-4,10-11H2,(H,24,26). The van der Waals surface area contributed by atoms with Gasteiger partial charge in [0.1, 0.15) is 6.33 Å². The van der Waals surface area contributed by atoms with E-state index in [0.717, 1.165) is 48.2 Å². The lowest BCUT2D eigenvalue weighted by molar-refractivity contribution is -0.384. The molecule has 0 fully saturated rings. The summed E-state index contributed by atoms with van der Waals surface area (Å²) in [6.07, 6.45) is 5.56. The summed E-state index contributed by atoms with van der Waals surface area (Å²) in [5.74, 6) is -0.334. The number of non-ortho nitro benzene ring substituents is 1. The second-order valence-corrected chi connectivity index (χ2v) is 6.66. The summed E-state index contributed by atoms with van der Waals surface area (Å²) in [5.41, 5.74) is 4.45. The second kappa shape index (κ2) is 7.56. The van der Waals surface area contributed by atoms with Gasteiger partial charge in [0.25, 0.3) is 11.6 Å². The summed E-state index contributed by atoms with van der Waals surface area (Å²) < 4.78 is 0. The first-order chi connectivity index (χ1) is 13.6. The Morgan fingerprint density at radius 2 is 1.86 bits per heavy atom. The molecule has 1 aliphatic carbocycles. The van der Waals surface area contributed by atoms with E-state index >= 15 is 0 Å².